The number of thiazole rings is 1. The maximum absolute atomic E-state index is 5.35. The van der Waals surface area contributed by atoms with Gasteiger partial charge in [0.05, 0.1) is 7.11 Å². The number of anilines is 1. The first-order chi connectivity index (χ1) is 12.8. The first-order valence-corrected chi connectivity index (χ1v) is 10.7. The van der Waals surface area contributed by atoms with E-state index in [0.29, 0.717) is 6.04 Å². The van der Waals surface area contributed by atoms with Crippen LogP contribution >= 0.6 is 11.3 Å². The van der Waals surface area contributed by atoms with E-state index in [-0.39, 0.29) is 0 Å². The van der Waals surface area contributed by atoms with E-state index in [4.69, 9.17) is 4.74 Å². The van der Waals surface area contributed by atoms with Gasteiger partial charge in [-0.15, -0.1) is 11.3 Å². The highest BCUT2D eigenvalue weighted by atomic mass is 32.1. The smallest absolute Gasteiger partial charge is 0.185 e. The van der Waals surface area contributed by atoms with Crippen molar-refractivity contribution in [2.24, 2.45) is 11.8 Å². The molecule has 3 aliphatic heterocycles. The Balaban J connectivity index is 1.37. The van der Waals surface area contributed by atoms with Crippen LogP contribution in [-0.4, -0.2) is 42.7 Å². The van der Waals surface area contributed by atoms with Gasteiger partial charge in [0.25, 0.3) is 0 Å². The largest absolute Gasteiger partial charge is 0.497 e. The highest BCUT2D eigenvalue weighted by molar-refractivity contribution is 7.13. The van der Waals surface area contributed by atoms with Crippen LogP contribution in [0.5, 0.6) is 5.75 Å². The van der Waals surface area contributed by atoms with Crippen molar-refractivity contribution in [3.05, 3.63) is 41.4 Å². The number of ether oxygens (including phenoxy) is 1. The number of nitrogens with zero attached hydrogens (tertiary/aromatic N) is 3. The second kappa shape index (κ2) is 6.86. The fourth-order valence-electron chi connectivity index (χ4n) is 5.52. The van der Waals surface area contributed by atoms with Crippen molar-refractivity contribution in [1.82, 2.24) is 9.88 Å². The van der Waals surface area contributed by atoms with Crippen LogP contribution in [0.1, 0.15) is 37.3 Å². The molecule has 4 atom stereocenters. The van der Waals surface area contributed by atoms with Crippen molar-refractivity contribution >= 4 is 16.5 Å². The third kappa shape index (κ3) is 2.91. The topological polar surface area (TPSA) is 28.6 Å². The van der Waals surface area contributed by atoms with E-state index in [1.807, 2.05) is 6.20 Å². The summed E-state index contributed by atoms with van der Waals surface area (Å²) in [5, 5.41) is 3.32. The number of rotatable bonds is 3. The molecular weight excluding hydrogens is 342 g/mol. The average Bonchev–Trinajstić information content (AvgIpc) is 3.22. The molecule has 0 saturated carbocycles. The summed E-state index contributed by atoms with van der Waals surface area (Å²) in [6.07, 6.45) is 7.33. The lowest BCUT2D eigenvalue weighted by atomic mass is 9.74. The molecule has 2 bridgehead atoms. The van der Waals surface area contributed by atoms with Crippen molar-refractivity contribution in [2.75, 3.05) is 31.6 Å². The highest BCUT2D eigenvalue weighted by Gasteiger charge is 2.45. The normalized spacial score (nSPS) is 31.5. The summed E-state index contributed by atoms with van der Waals surface area (Å²) in [6.45, 7) is 3.59. The van der Waals surface area contributed by atoms with E-state index in [1.165, 1.54) is 56.0 Å². The van der Waals surface area contributed by atoms with Crippen LogP contribution in [-0.2, 0) is 0 Å². The molecule has 4 heterocycles. The standard InChI is InChI=1S/C21H27N3OS/c1-25-18-7-5-16(6-8-18)19-3-2-4-20-17-11-15(13-24(19)20)12-23(14-17)21-22-9-10-26-21/h5-10,15,17,19-20H,2-4,11-14H2,1H3/t15-,17+,19+,20-/m0/s1. The average molecular weight is 370 g/mol. The van der Waals surface area contributed by atoms with Crippen LogP contribution in [0.25, 0.3) is 0 Å². The molecule has 0 spiro atoms. The van der Waals surface area contributed by atoms with Crippen molar-refractivity contribution in [2.45, 2.75) is 37.8 Å². The Bertz CT molecular complexity index is 732. The molecule has 0 N–H and O–H groups in total. The third-order valence-electron chi connectivity index (χ3n) is 6.58. The number of aromatic nitrogens is 1. The molecular formula is C21H27N3OS. The molecule has 3 saturated heterocycles. The Morgan fingerprint density at radius 2 is 2.00 bits per heavy atom. The van der Waals surface area contributed by atoms with E-state index < -0.39 is 0 Å². The lowest BCUT2D eigenvalue weighted by Crippen LogP contribution is -2.59. The van der Waals surface area contributed by atoms with Gasteiger partial charge in [-0.3, -0.25) is 4.90 Å². The molecule has 0 radical (unpaired) electrons. The quantitative estimate of drug-likeness (QED) is 0.811. The number of piperidine rings is 3. The van der Waals surface area contributed by atoms with E-state index in [9.17, 15) is 0 Å². The fraction of sp³-hybridized carbons (Fsp3) is 0.571. The molecule has 4 nitrogen and oxygen atoms in total. The maximum Gasteiger partial charge on any atom is 0.185 e. The Morgan fingerprint density at radius 1 is 1.12 bits per heavy atom. The molecule has 26 heavy (non-hydrogen) atoms. The lowest BCUT2D eigenvalue weighted by Gasteiger charge is -2.55. The maximum atomic E-state index is 5.35. The van der Waals surface area contributed by atoms with Gasteiger partial charge in [0, 0.05) is 43.3 Å². The molecule has 3 fully saturated rings. The molecule has 1 aromatic carbocycles. The van der Waals surface area contributed by atoms with Gasteiger partial charge in [-0.2, -0.15) is 0 Å². The molecule has 0 aliphatic carbocycles. The third-order valence-corrected chi connectivity index (χ3v) is 7.41. The monoisotopic (exact) mass is 369 g/mol. The highest BCUT2D eigenvalue weighted by Crippen LogP contribution is 2.45. The summed E-state index contributed by atoms with van der Waals surface area (Å²) in [4.78, 5) is 9.97. The van der Waals surface area contributed by atoms with Crippen LogP contribution in [0.3, 0.4) is 0 Å². The Kier molecular flexibility index (Phi) is 4.37. The lowest BCUT2D eigenvalue weighted by molar-refractivity contribution is -0.0199. The van der Waals surface area contributed by atoms with Gasteiger partial charge in [0.2, 0.25) is 0 Å². The second-order valence-electron chi connectivity index (χ2n) is 8.07. The van der Waals surface area contributed by atoms with Crippen molar-refractivity contribution in [3.63, 3.8) is 0 Å². The molecule has 5 heteroatoms. The van der Waals surface area contributed by atoms with Gasteiger partial charge in [0.1, 0.15) is 5.75 Å². The molecule has 0 unspecified atom stereocenters. The summed E-state index contributed by atoms with van der Waals surface area (Å²) in [5.41, 5.74) is 1.47. The fourth-order valence-corrected chi connectivity index (χ4v) is 6.18. The van der Waals surface area contributed by atoms with Crippen LogP contribution in [0, 0.1) is 11.8 Å². The summed E-state index contributed by atoms with van der Waals surface area (Å²) in [5.74, 6) is 2.51. The predicted molar refractivity (Wildman–Crippen MR) is 106 cm³/mol. The van der Waals surface area contributed by atoms with Crippen LogP contribution in [0.15, 0.2) is 35.8 Å². The summed E-state index contributed by atoms with van der Waals surface area (Å²) >= 11 is 1.79. The van der Waals surface area contributed by atoms with Gasteiger partial charge in [-0.25, -0.2) is 4.98 Å². The number of benzene rings is 1. The first-order valence-electron chi connectivity index (χ1n) is 9.86. The molecule has 5 rings (SSSR count). The van der Waals surface area contributed by atoms with Gasteiger partial charge in [-0.05, 0) is 55.2 Å². The zero-order chi connectivity index (χ0) is 17.5. The van der Waals surface area contributed by atoms with Crippen LogP contribution < -0.4 is 9.64 Å². The van der Waals surface area contributed by atoms with Crippen LogP contribution in [0.4, 0.5) is 5.13 Å². The Labute approximate surface area is 159 Å². The summed E-state index contributed by atoms with van der Waals surface area (Å²) in [6, 6.07) is 10.1. The molecule has 2 aromatic rings. The summed E-state index contributed by atoms with van der Waals surface area (Å²) < 4.78 is 5.35. The number of methoxy groups -OCH3 is 1. The second-order valence-corrected chi connectivity index (χ2v) is 8.94. The molecule has 138 valence electrons. The number of hydrogen-bond acceptors (Lipinski definition) is 5. The van der Waals surface area contributed by atoms with Crippen molar-refractivity contribution in [1.29, 1.82) is 0 Å². The van der Waals surface area contributed by atoms with Crippen molar-refractivity contribution < 1.29 is 4.74 Å². The zero-order valence-corrected chi connectivity index (χ0v) is 16.2. The van der Waals surface area contributed by atoms with Crippen LogP contribution in [0.2, 0.25) is 0 Å². The molecule has 1 aromatic heterocycles. The minimum atomic E-state index is 0.580. The minimum absolute atomic E-state index is 0.580. The van der Waals surface area contributed by atoms with E-state index in [1.54, 1.807) is 18.4 Å². The molecule has 0 amide bonds. The number of hydrogen-bond donors (Lipinski definition) is 0. The van der Waals surface area contributed by atoms with E-state index in [0.717, 1.165) is 23.6 Å². The van der Waals surface area contributed by atoms with E-state index >= 15 is 0 Å². The van der Waals surface area contributed by atoms with Gasteiger partial charge in [0.15, 0.2) is 5.13 Å². The van der Waals surface area contributed by atoms with E-state index in [2.05, 4.69) is 44.4 Å². The predicted octanol–water partition coefficient (Wildman–Crippen LogP) is 4.20. The van der Waals surface area contributed by atoms with Gasteiger partial charge < -0.3 is 9.64 Å². The van der Waals surface area contributed by atoms with Crippen molar-refractivity contribution in [3.8, 4) is 5.75 Å². The summed E-state index contributed by atoms with van der Waals surface area (Å²) in [7, 11) is 1.74. The van der Waals surface area contributed by atoms with Gasteiger partial charge >= 0.3 is 0 Å². The Morgan fingerprint density at radius 3 is 2.77 bits per heavy atom. The number of fused-ring (bicyclic) bond motifs is 4. The molecule has 3 aliphatic rings. The SMILES string of the molecule is COc1ccc([C@H]2CCC[C@H]3[C@@H]4C[C@@H](CN(c5nccs5)C4)CN23)cc1. The first kappa shape index (κ1) is 16.6. The minimum Gasteiger partial charge on any atom is -0.497 e. The zero-order valence-electron chi connectivity index (χ0n) is 15.4. The van der Waals surface area contributed by atoms with Gasteiger partial charge in [-0.1, -0.05) is 12.1 Å². The Hall–Kier alpha value is -1.59.